The lowest BCUT2D eigenvalue weighted by Crippen LogP contribution is -2.06. The molecule has 0 radical (unpaired) electrons. The molecule has 84 valence electrons. The molecule has 1 aromatic heterocycles. The molecule has 0 unspecified atom stereocenters. The molecule has 0 aliphatic carbocycles. The lowest BCUT2D eigenvalue weighted by Gasteiger charge is -2.03. The quantitative estimate of drug-likeness (QED) is 0.825. The fourth-order valence-electron chi connectivity index (χ4n) is 1.52. The highest BCUT2D eigenvalue weighted by molar-refractivity contribution is 7.98. The summed E-state index contributed by atoms with van der Waals surface area (Å²) < 4.78 is 1.72. The molecule has 0 fully saturated rings. The van der Waals surface area contributed by atoms with Gasteiger partial charge in [0.1, 0.15) is 0 Å². The van der Waals surface area contributed by atoms with E-state index in [-0.39, 0.29) is 0 Å². The largest absolute Gasteiger partial charge is 0.368 e. The first-order valence-corrected chi connectivity index (χ1v) is 6.21. The Kier molecular flexibility index (Phi) is 3.14. The van der Waals surface area contributed by atoms with Gasteiger partial charge < -0.3 is 5.73 Å². The van der Waals surface area contributed by atoms with E-state index in [4.69, 9.17) is 5.73 Å². The first-order valence-electron chi connectivity index (χ1n) is 4.99. The minimum Gasteiger partial charge on any atom is -0.368 e. The molecule has 0 bridgehead atoms. The van der Waals surface area contributed by atoms with Crippen molar-refractivity contribution in [1.29, 1.82) is 0 Å². The third-order valence-electron chi connectivity index (χ3n) is 2.28. The average molecular weight is 234 g/mol. The highest BCUT2D eigenvalue weighted by atomic mass is 32.2. The third-order valence-corrected chi connectivity index (χ3v) is 2.82. The van der Waals surface area contributed by atoms with Gasteiger partial charge in [-0.05, 0) is 18.7 Å². The van der Waals surface area contributed by atoms with Crippen LogP contribution in [0.25, 0.3) is 0 Å². The summed E-state index contributed by atoms with van der Waals surface area (Å²) in [6.07, 6.45) is 1.94. The predicted molar refractivity (Wildman–Crippen MR) is 66.5 cm³/mol. The zero-order chi connectivity index (χ0) is 11.5. The molecule has 5 heteroatoms. The number of hydrogen-bond donors (Lipinski definition) is 1. The third kappa shape index (κ3) is 2.36. The van der Waals surface area contributed by atoms with E-state index in [2.05, 4.69) is 35.2 Å². The smallest absolute Gasteiger partial charge is 0.219 e. The van der Waals surface area contributed by atoms with Gasteiger partial charge in [-0.1, -0.05) is 41.6 Å². The molecule has 0 aliphatic rings. The van der Waals surface area contributed by atoms with Crippen LogP contribution in [0.15, 0.2) is 29.4 Å². The van der Waals surface area contributed by atoms with E-state index < -0.39 is 0 Å². The molecule has 2 rings (SSSR count). The molecule has 4 nitrogen and oxygen atoms in total. The molecule has 0 amide bonds. The molecule has 0 aliphatic heterocycles. The van der Waals surface area contributed by atoms with E-state index in [1.807, 2.05) is 12.3 Å². The summed E-state index contributed by atoms with van der Waals surface area (Å²) in [5.41, 5.74) is 8.20. The number of nitrogens with zero attached hydrogens (tertiary/aromatic N) is 3. The van der Waals surface area contributed by atoms with Crippen LogP contribution >= 0.6 is 11.8 Å². The SMILES string of the molecule is CSc1nc(N)n(Cc2cccc(C)c2)n1. The summed E-state index contributed by atoms with van der Waals surface area (Å²) in [4.78, 5) is 4.14. The molecule has 0 saturated carbocycles. The first-order chi connectivity index (χ1) is 7.69. The van der Waals surface area contributed by atoms with Crippen LogP contribution in [0, 0.1) is 6.92 Å². The molecule has 0 atom stereocenters. The number of nitrogen functional groups attached to an aromatic ring is 1. The second-order valence-electron chi connectivity index (χ2n) is 3.60. The van der Waals surface area contributed by atoms with E-state index in [9.17, 15) is 0 Å². The van der Waals surface area contributed by atoms with Crippen molar-refractivity contribution in [3.05, 3.63) is 35.4 Å². The molecule has 0 saturated heterocycles. The van der Waals surface area contributed by atoms with Gasteiger partial charge in [0.15, 0.2) is 0 Å². The average Bonchev–Trinajstić information content (AvgIpc) is 2.60. The van der Waals surface area contributed by atoms with Crippen molar-refractivity contribution in [3.8, 4) is 0 Å². The van der Waals surface area contributed by atoms with Gasteiger partial charge >= 0.3 is 0 Å². The summed E-state index contributed by atoms with van der Waals surface area (Å²) in [6.45, 7) is 2.74. The van der Waals surface area contributed by atoms with E-state index in [0.717, 1.165) is 0 Å². The first kappa shape index (κ1) is 11.0. The Morgan fingerprint density at radius 1 is 1.44 bits per heavy atom. The number of thioether (sulfide) groups is 1. The fraction of sp³-hybridized carbons (Fsp3) is 0.273. The minimum atomic E-state index is 0.464. The number of hydrogen-bond acceptors (Lipinski definition) is 4. The minimum absolute atomic E-state index is 0.464. The van der Waals surface area contributed by atoms with Crippen molar-refractivity contribution in [2.45, 2.75) is 18.6 Å². The Balaban J connectivity index is 2.23. The van der Waals surface area contributed by atoms with Crippen LogP contribution in [0.2, 0.25) is 0 Å². The number of benzene rings is 1. The van der Waals surface area contributed by atoms with Crippen LogP contribution in [0.4, 0.5) is 5.95 Å². The maximum Gasteiger partial charge on any atom is 0.219 e. The van der Waals surface area contributed by atoms with Crippen LogP contribution in [0.3, 0.4) is 0 Å². The number of aromatic nitrogens is 3. The molecule has 2 N–H and O–H groups in total. The molecule has 1 aromatic carbocycles. The Morgan fingerprint density at radius 3 is 2.88 bits per heavy atom. The second kappa shape index (κ2) is 4.57. The van der Waals surface area contributed by atoms with Gasteiger partial charge in [0.05, 0.1) is 6.54 Å². The molecule has 16 heavy (non-hydrogen) atoms. The topological polar surface area (TPSA) is 56.7 Å². The summed E-state index contributed by atoms with van der Waals surface area (Å²) in [5.74, 6) is 0.464. The maximum atomic E-state index is 5.78. The van der Waals surface area contributed by atoms with Crippen molar-refractivity contribution < 1.29 is 0 Å². The van der Waals surface area contributed by atoms with E-state index in [0.29, 0.717) is 17.6 Å². The summed E-state index contributed by atoms with van der Waals surface area (Å²) in [5, 5.41) is 5.01. The second-order valence-corrected chi connectivity index (χ2v) is 4.38. The summed E-state index contributed by atoms with van der Waals surface area (Å²) >= 11 is 1.49. The Bertz CT molecular complexity index is 492. The van der Waals surface area contributed by atoms with Gasteiger partial charge in [0.25, 0.3) is 0 Å². The van der Waals surface area contributed by atoms with Crippen molar-refractivity contribution in [1.82, 2.24) is 14.8 Å². The predicted octanol–water partition coefficient (Wildman–Crippen LogP) is 1.94. The zero-order valence-electron chi connectivity index (χ0n) is 9.34. The number of rotatable bonds is 3. The molecular weight excluding hydrogens is 220 g/mol. The van der Waals surface area contributed by atoms with E-state index >= 15 is 0 Å². The lowest BCUT2D eigenvalue weighted by molar-refractivity contribution is 0.675. The maximum absolute atomic E-state index is 5.78. The van der Waals surface area contributed by atoms with Gasteiger partial charge in [0.2, 0.25) is 11.1 Å². The summed E-state index contributed by atoms with van der Waals surface area (Å²) in [6, 6.07) is 8.29. The Morgan fingerprint density at radius 2 is 2.25 bits per heavy atom. The highest BCUT2D eigenvalue weighted by Crippen LogP contribution is 2.13. The van der Waals surface area contributed by atoms with Crippen molar-refractivity contribution in [3.63, 3.8) is 0 Å². The Hall–Kier alpha value is -1.49. The van der Waals surface area contributed by atoms with E-state index in [1.54, 1.807) is 4.68 Å². The monoisotopic (exact) mass is 234 g/mol. The number of anilines is 1. The van der Waals surface area contributed by atoms with Gasteiger partial charge in [-0.2, -0.15) is 4.98 Å². The van der Waals surface area contributed by atoms with Crippen LogP contribution in [-0.4, -0.2) is 21.0 Å². The standard InChI is InChI=1S/C11H14N4S/c1-8-4-3-5-9(6-8)7-15-10(12)13-11(14-15)16-2/h3-6H,7H2,1-2H3,(H2,12,13,14). The summed E-state index contributed by atoms with van der Waals surface area (Å²) in [7, 11) is 0. The highest BCUT2D eigenvalue weighted by Gasteiger charge is 2.06. The molecule has 2 aromatic rings. The van der Waals surface area contributed by atoms with Crippen LogP contribution in [-0.2, 0) is 6.54 Å². The van der Waals surface area contributed by atoms with Crippen molar-refractivity contribution in [2.24, 2.45) is 0 Å². The van der Waals surface area contributed by atoms with Gasteiger partial charge in [-0.3, -0.25) is 0 Å². The normalized spacial score (nSPS) is 10.6. The van der Waals surface area contributed by atoms with Crippen molar-refractivity contribution in [2.75, 3.05) is 12.0 Å². The van der Waals surface area contributed by atoms with Crippen LogP contribution in [0.1, 0.15) is 11.1 Å². The zero-order valence-corrected chi connectivity index (χ0v) is 10.2. The lowest BCUT2D eigenvalue weighted by atomic mass is 10.1. The van der Waals surface area contributed by atoms with Crippen molar-refractivity contribution >= 4 is 17.7 Å². The fourth-order valence-corrected chi connectivity index (χ4v) is 1.88. The van der Waals surface area contributed by atoms with Gasteiger partial charge in [-0.25, -0.2) is 4.68 Å². The van der Waals surface area contributed by atoms with Crippen LogP contribution < -0.4 is 5.73 Å². The van der Waals surface area contributed by atoms with E-state index in [1.165, 1.54) is 22.9 Å². The number of nitrogens with two attached hydrogens (primary N) is 1. The molecule has 1 heterocycles. The molecule has 0 spiro atoms. The Labute approximate surface area is 98.9 Å². The van der Waals surface area contributed by atoms with Crippen LogP contribution in [0.5, 0.6) is 0 Å². The molecular formula is C11H14N4S. The number of aryl methyl sites for hydroxylation is 1. The van der Waals surface area contributed by atoms with Gasteiger partial charge in [-0.15, -0.1) is 5.10 Å². The van der Waals surface area contributed by atoms with Gasteiger partial charge in [0, 0.05) is 0 Å².